The Hall–Kier alpha value is -1.23. The predicted octanol–water partition coefficient (Wildman–Crippen LogP) is 0.493. The number of aliphatic hydroxyl groups is 3. The van der Waals surface area contributed by atoms with Gasteiger partial charge in [0.25, 0.3) is 0 Å². The molecule has 15 heavy (non-hydrogen) atoms. The van der Waals surface area contributed by atoms with Crippen LogP contribution in [0.5, 0.6) is 0 Å². The first kappa shape index (κ1) is 11.8. The first-order valence-corrected chi connectivity index (χ1v) is 4.78. The van der Waals surface area contributed by atoms with Crippen LogP contribution in [0.4, 0.5) is 5.69 Å². The van der Waals surface area contributed by atoms with Crippen molar-refractivity contribution in [1.82, 2.24) is 0 Å². The number of para-hydroxylation sites is 1. The third-order valence-corrected chi connectivity index (χ3v) is 1.97. The number of aliphatic hydroxyl groups excluding tert-OH is 3. The average Bonchev–Trinajstić information content (AvgIpc) is 2.29. The quantitative estimate of drug-likeness (QED) is 0.618. The molecule has 0 amide bonds. The number of hydrogen-bond acceptors (Lipinski definition) is 4. The molecule has 2 unspecified atom stereocenters. The van der Waals surface area contributed by atoms with Gasteiger partial charge >= 0.3 is 0 Å². The Morgan fingerprint density at radius 1 is 1.13 bits per heavy atom. The van der Waals surface area contributed by atoms with Crippen LogP contribution >= 0.6 is 0 Å². The smallest absolute Gasteiger partial charge is 0.103 e. The maximum absolute atomic E-state index is 9.29. The van der Waals surface area contributed by atoms with Gasteiger partial charge in [0.2, 0.25) is 0 Å². The molecule has 4 heteroatoms. The lowest BCUT2D eigenvalue weighted by Gasteiger charge is -2.12. The van der Waals surface area contributed by atoms with Crippen molar-refractivity contribution >= 4 is 11.9 Å². The fourth-order valence-electron chi connectivity index (χ4n) is 1.06. The third kappa shape index (κ3) is 4.20. The van der Waals surface area contributed by atoms with Gasteiger partial charge in [-0.2, -0.15) is 0 Å². The molecule has 0 fully saturated rings. The average molecular weight is 209 g/mol. The normalized spacial score (nSPS) is 15.4. The van der Waals surface area contributed by atoms with E-state index >= 15 is 0 Å². The van der Waals surface area contributed by atoms with Crippen LogP contribution in [0.1, 0.15) is 6.42 Å². The number of benzene rings is 1. The summed E-state index contributed by atoms with van der Waals surface area (Å²) in [5, 5.41) is 26.9. The van der Waals surface area contributed by atoms with Crippen LogP contribution in [0, 0.1) is 0 Å². The Morgan fingerprint density at radius 2 is 1.80 bits per heavy atom. The maximum Gasteiger partial charge on any atom is 0.103 e. The van der Waals surface area contributed by atoms with Crippen molar-refractivity contribution in [3.05, 3.63) is 30.3 Å². The van der Waals surface area contributed by atoms with E-state index in [1.165, 1.54) is 6.21 Å². The summed E-state index contributed by atoms with van der Waals surface area (Å²) in [6.45, 7) is -0.444. The highest BCUT2D eigenvalue weighted by atomic mass is 16.4. The summed E-state index contributed by atoms with van der Waals surface area (Å²) in [4.78, 5) is 4.09. The maximum atomic E-state index is 9.29. The fourth-order valence-corrected chi connectivity index (χ4v) is 1.06. The van der Waals surface area contributed by atoms with Gasteiger partial charge in [0.1, 0.15) is 6.10 Å². The molecule has 3 N–H and O–H groups in total. The molecule has 82 valence electrons. The topological polar surface area (TPSA) is 73.0 Å². The summed E-state index contributed by atoms with van der Waals surface area (Å²) in [7, 11) is 0. The highest BCUT2D eigenvalue weighted by molar-refractivity contribution is 5.63. The summed E-state index contributed by atoms with van der Waals surface area (Å²) in [6, 6.07) is 9.30. The van der Waals surface area contributed by atoms with E-state index in [0.717, 1.165) is 5.69 Å². The van der Waals surface area contributed by atoms with Gasteiger partial charge in [-0.15, -0.1) is 0 Å². The van der Waals surface area contributed by atoms with Crippen molar-refractivity contribution in [2.24, 2.45) is 4.99 Å². The fraction of sp³-hybridized carbons (Fsp3) is 0.364. The first-order chi connectivity index (χ1) is 7.24. The number of rotatable bonds is 5. The van der Waals surface area contributed by atoms with Crippen LogP contribution in [0.15, 0.2) is 35.3 Å². The van der Waals surface area contributed by atoms with Gasteiger partial charge in [-0.1, -0.05) is 18.2 Å². The van der Waals surface area contributed by atoms with Gasteiger partial charge in [0.15, 0.2) is 0 Å². The van der Waals surface area contributed by atoms with Crippen molar-refractivity contribution in [3.8, 4) is 0 Å². The van der Waals surface area contributed by atoms with Crippen LogP contribution in [0.25, 0.3) is 0 Å². The standard InChI is InChI=1S/C11H15NO3/c13-8-11(15)10(14)6-7-12-9-4-2-1-3-5-9/h1-5,7,10-11,13-15H,6,8H2. The highest BCUT2D eigenvalue weighted by Gasteiger charge is 2.12. The lowest BCUT2D eigenvalue weighted by atomic mass is 10.1. The minimum atomic E-state index is -1.10. The molecule has 0 spiro atoms. The van der Waals surface area contributed by atoms with Gasteiger partial charge < -0.3 is 15.3 Å². The van der Waals surface area contributed by atoms with Crippen molar-refractivity contribution in [1.29, 1.82) is 0 Å². The molecule has 0 aliphatic rings. The summed E-state index contributed by atoms with van der Waals surface area (Å²) < 4.78 is 0. The molecule has 4 nitrogen and oxygen atoms in total. The number of nitrogens with zero attached hydrogens (tertiary/aromatic N) is 1. The monoisotopic (exact) mass is 209 g/mol. The highest BCUT2D eigenvalue weighted by Crippen LogP contribution is 2.09. The molecule has 1 aromatic carbocycles. The van der Waals surface area contributed by atoms with E-state index in [1.54, 1.807) is 0 Å². The van der Waals surface area contributed by atoms with Crippen LogP contribution in [-0.4, -0.2) is 40.3 Å². The zero-order valence-corrected chi connectivity index (χ0v) is 8.32. The van der Waals surface area contributed by atoms with Gasteiger partial charge in [-0.3, -0.25) is 4.99 Å². The minimum absolute atomic E-state index is 0.219. The molecular formula is C11H15NO3. The molecule has 0 aliphatic heterocycles. The predicted molar refractivity (Wildman–Crippen MR) is 58.3 cm³/mol. The van der Waals surface area contributed by atoms with Crippen LogP contribution in [0.3, 0.4) is 0 Å². The minimum Gasteiger partial charge on any atom is -0.394 e. The Kier molecular flexibility index (Phi) is 4.97. The molecule has 0 heterocycles. The van der Waals surface area contributed by atoms with Gasteiger partial charge in [0.05, 0.1) is 18.4 Å². The summed E-state index contributed by atoms with van der Waals surface area (Å²) in [6.07, 6.45) is -0.329. The zero-order chi connectivity index (χ0) is 11.1. The third-order valence-electron chi connectivity index (χ3n) is 1.97. The van der Waals surface area contributed by atoms with Gasteiger partial charge in [-0.25, -0.2) is 0 Å². The molecule has 0 saturated heterocycles. The zero-order valence-electron chi connectivity index (χ0n) is 8.32. The van der Waals surface area contributed by atoms with E-state index in [-0.39, 0.29) is 6.42 Å². The van der Waals surface area contributed by atoms with E-state index in [1.807, 2.05) is 30.3 Å². The molecule has 1 aromatic rings. The second-order valence-electron chi connectivity index (χ2n) is 3.20. The van der Waals surface area contributed by atoms with E-state index in [0.29, 0.717) is 0 Å². The van der Waals surface area contributed by atoms with Crippen LogP contribution in [0.2, 0.25) is 0 Å². The molecule has 0 aromatic heterocycles. The molecule has 0 radical (unpaired) electrons. The molecular weight excluding hydrogens is 194 g/mol. The van der Waals surface area contributed by atoms with Crippen molar-refractivity contribution in [2.45, 2.75) is 18.6 Å². The lowest BCUT2D eigenvalue weighted by Crippen LogP contribution is -2.29. The SMILES string of the molecule is OCC(O)C(O)CC=Nc1ccccc1. The van der Waals surface area contributed by atoms with Crippen LogP contribution in [-0.2, 0) is 0 Å². The summed E-state index contributed by atoms with van der Waals surface area (Å²) in [5.74, 6) is 0. The summed E-state index contributed by atoms with van der Waals surface area (Å²) in [5.41, 5.74) is 0.795. The molecule has 2 atom stereocenters. The van der Waals surface area contributed by atoms with Crippen molar-refractivity contribution in [3.63, 3.8) is 0 Å². The Bertz CT molecular complexity index is 300. The Labute approximate surface area is 88.5 Å². The summed E-state index contributed by atoms with van der Waals surface area (Å²) >= 11 is 0. The van der Waals surface area contributed by atoms with Crippen molar-refractivity contribution < 1.29 is 15.3 Å². The second-order valence-corrected chi connectivity index (χ2v) is 3.20. The number of hydrogen-bond donors (Lipinski definition) is 3. The van der Waals surface area contributed by atoms with Crippen LogP contribution < -0.4 is 0 Å². The van der Waals surface area contributed by atoms with E-state index in [9.17, 15) is 5.11 Å². The van der Waals surface area contributed by atoms with Gasteiger partial charge in [-0.05, 0) is 12.1 Å². The van der Waals surface area contributed by atoms with Crippen molar-refractivity contribution in [2.75, 3.05) is 6.61 Å². The lowest BCUT2D eigenvalue weighted by molar-refractivity contribution is -0.00944. The van der Waals surface area contributed by atoms with E-state index < -0.39 is 18.8 Å². The first-order valence-electron chi connectivity index (χ1n) is 4.78. The molecule has 0 saturated carbocycles. The van der Waals surface area contributed by atoms with E-state index in [2.05, 4.69) is 4.99 Å². The van der Waals surface area contributed by atoms with E-state index in [4.69, 9.17) is 10.2 Å². The molecule has 0 aliphatic carbocycles. The second kappa shape index (κ2) is 6.29. The Morgan fingerprint density at radius 3 is 2.40 bits per heavy atom. The largest absolute Gasteiger partial charge is 0.394 e. The molecule has 0 bridgehead atoms. The van der Waals surface area contributed by atoms with Gasteiger partial charge in [0, 0.05) is 12.6 Å². The number of aliphatic imine (C=N–C) groups is 1. The molecule has 1 rings (SSSR count). The Balaban J connectivity index is 2.40.